The zero-order valence-electron chi connectivity index (χ0n) is 8.89. The van der Waals surface area contributed by atoms with Gasteiger partial charge in [-0.2, -0.15) is 5.26 Å². The van der Waals surface area contributed by atoms with Crippen LogP contribution < -0.4 is 5.32 Å². The maximum atomic E-state index is 12.7. The van der Waals surface area contributed by atoms with Crippen molar-refractivity contribution in [3.8, 4) is 6.07 Å². The third-order valence-corrected chi connectivity index (χ3v) is 2.13. The molecule has 0 bridgehead atoms. The molecule has 1 heterocycles. The second-order valence-electron chi connectivity index (χ2n) is 3.36. The van der Waals surface area contributed by atoms with Crippen molar-refractivity contribution in [2.75, 3.05) is 5.32 Å². The molecule has 0 saturated heterocycles. The van der Waals surface area contributed by atoms with E-state index in [1.165, 1.54) is 24.4 Å². The Morgan fingerprint density at radius 2 is 2.00 bits per heavy atom. The van der Waals surface area contributed by atoms with Crippen LogP contribution in [0.1, 0.15) is 11.3 Å². The Kier molecular flexibility index (Phi) is 3.26. The number of aromatic nitrogens is 2. The fourth-order valence-electron chi connectivity index (χ4n) is 1.29. The van der Waals surface area contributed by atoms with E-state index in [2.05, 4.69) is 15.3 Å². The second kappa shape index (κ2) is 5.03. The van der Waals surface area contributed by atoms with Crippen molar-refractivity contribution in [2.45, 2.75) is 6.54 Å². The van der Waals surface area contributed by atoms with Crippen molar-refractivity contribution in [3.05, 3.63) is 53.6 Å². The van der Waals surface area contributed by atoms with Crippen LogP contribution in [0.15, 0.2) is 36.5 Å². The first kappa shape index (κ1) is 11.0. The SMILES string of the molecule is N#Cc1ccnc(NCc2ccc(F)cc2)n1. The number of nitrogens with one attached hydrogen (secondary N) is 1. The Bertz CT molecular complexity index is 545. The molecule has 0 fully saturated rings. The number of hydrogen-bond donors (Lipinski definition) is 1. The number of rotatable bonds is 3. The van der Waals surface area contributed by atoms with Crippen LogP contribution in [0.3, 0.4) is 0 Å². The molecule has 0 atom stereocenters. The summed E-state index contributed by atoms with van der Waals surface area (Å²) in [6.07, 6.45) is 1.51. The molecule has 2 rings (SSSR count). The van der Waals surface area contributed by atoms with Gasteiger partial charge in [-0.05, 0) is 23.8 Å². The molecule has 0 aliphatic carbocycles. The minimum atomic E-state index is -0.267. The Balaban J connectivity index is 2.02. The van der Waals surface area contributed by atoms with Gasteiger partial charge in [0.15, 0.2) is 0 Å². The Morgan fingerprint density at radius 3 is 2.71 bits per heavy atom. The minimum absolute atomic E-state index is 0.267. The van der Waals surface area contributed by atoms with Crippen molar-refractivity contribution < 1.29 is 4.39 Å². The molecular weight excluding hydrogens is 219 g/mol. The van der Waals surface area contributed by atoms with Gasteiger partial charge >= 0.3 is 0 Å². The van der Waals surface area contributed by atoms with E-state index in [4.69, 9.17) is 5.26 Å². The maximum Gasteiger partial charge on any atom is 0.224 e. The van der Waals surface area contributed by atoms with Crippen LogP contribution in [0, 0.1) is 17.1 Å². The zero-order valence-corrected chi connectivity index (χ0v) is 8.89. The van der Waals surface area contributed by atoms with Gasteiger partial charge < -0.3 is 5.32 Å². The van der Waals surface area contributed by atoms with Gasteiger partial charge in [0.2, 0.25) is 5.95 Å². The third kappa shape index (κ3) is 2.98. The lowest BCUT2D eigenvalue weighted by Gasteiger charge is -2.04. The number of nitriles is 1. The third-order valence-electron chi connectivity index (χ3n) is 2.13. The molecule has 0 aliphatic rings. The molecule has 0 saturated carbocycles. The minimum Gasteiger partial charge on any atom is -0.350 e. The molecule has 4 nitrogen and oxygen atoms in total. The van der Waals surface area contributed by atoms with Gasteiger partial charge in [0.25, 0.3) is 0 Å². The quantitative estimate of drug-likeness (QED) is 0.873. The molecule has 0 amide bonds. The largest absolute Gasteiger partial charge is 0.350 e. The van der Waals surface area contributed by atoms with Crippen molar-refractivity contribution >= 4 is 5.95 Å². The highest BCUT2D eigenvalue weighted by atomic mass is 19.1. The van der Waals surface area contributed by atoms with Crippen molar-refractivity contribution in [2.24, 2.45) is 0 Å². The molecule has 0 radical (unpaired) electrons. The fraction of sp³-hybridized carbons (Fsp3) is 0.0833. The lowest BCUT2D eigenvalue weighted by molar-refractivity contribution is 0.627. The first-order valence-electron chi connectivity index (χ1n) is 4.99. The van der Waals surface area contributed by atoms with Crippen LogP contribution in [0.4, 0.5) is 10.3 Å². The van der Waals surface area contributed by atoms with Crippen LogP contribution >= 0.6 is 0 Å². The van der Waals surface area contributed by atoms with Crippen LogP contribution in [0.25, 0.3) is 0 Å². The summed E-state index contributed by atoms with van der Waals surface area (Å²) in [7, 11) is 0. The van der Waals surface area contributed by atoms with E-state index in [1.807, 2.05) is 6.07 Å². The van der Waals surface area contributed by atoms with Gasteiger partial charge in [0.05, 0.1) is 0 Å². The first-order chi connectivity index (χ1) is 8.28. The highest BCUT2D eigenvalue weighted by Crippen LogP contribution is 2.05. The molecule has 2 aromatic rings. The average molecular weight is 228 g/mol. The van der Waals surface area contributed by atoms with Crippen LogP contribution in [-0.4, -0.2) is 9.97 Å². The number of anilines is 1. The summed E-state index contributed by atoms with van der Waals surface area (Å²) in [6.45, 7) is 0.481. The molecule has 0 aliphatic heterocycles. The normalized spacial score (nSPS) is 9.65. The van der Waals surface area contributed by atoms with Crippen LogP contribution in [0.5, 0.6) is 0 Å². The molecule has 17 heavy (non-hydrogen) atoms. The fourth-order valence-corrected chi connectivity index (χ4v) is 1.29. The monoisotopic (exact) mass is 228 g/mol. The lowest BCUT2D eigenvalue weighted by atomic mass is 10.2. The van der Waals surface area contributed by atoms with E-state index in [0.29, 0.717) is 18.2 Å². The Labute approximate surface area is 97.8 Å². The van der Waals surface area contributed by atoms with Gasteiger partial charge in [-0.1, -0.05) is 12.1 Å². The van der Waals surface area contributed by atoms with Gasteiger partial charge in [0.1, 0.15) is 17.6 Å². The summed E-state index contributed by atoms with van der Waals surface area (Å²) in [5.41, 5.74) is 1.22. The molecule has 84 valence electrons. The van der Waals surface area contributed by atoms with E-state index in [1.54, 1.807) is 12.1 Å². The first-order valence-corrected chi connectivity index (χ1v) is 4.99. The maximum absolute atomic E-state index is 12.7. The van der Waals surface area contributed by atoms with Gasteiger partial charge in [-0.25, -0.2) is 14.4 Å². The molecular formula is C12H9FN4. The zero-order chi connectivity index (χ0) is 12.1. The topological polar surface area (TPSA) is 61.6 Å². The predicted octanol–water partition coefficient (Wildman–Crippen LogP) is 2.10. The summed E-state index contributed by atoms with van der Waals surface area (Å²) in [5, 5.41) is 11.6. The molecule has 1 aromatic heterocycles. The van der Waals surface area contributed by atoms with Gasteiger partial charge in [0, 0.05) is 12.7 Å². The van der Waals surface area contributed by atoms with Crippen LogP contribution in [0.2, 0.25) is 0 Å². The Hall–Kier alpha value is -2.48. The van der Waals surface area contributed by atoms with Crippen molar-refractivity contribution in [3.63, 3.8) is 0 Å². The van der Waals surface area contributed by atoms with Crippen molar-refractivity contribution in [1.29, 1.82) is 5.26 Å². The van der Waals surface area contributed by atoms with Gasteiger partial charge in [-0.3, -0.25) is 0 Å². The highest BCUT2D eigenvalue weighted by Gasteiger charge is 1.98. The number of hydrogen-bond acceptors (Lipinski definition) is 4. The Morgan fingerprint density at radius 1 is 1.24 bits per heavy atom. The lowest BCUT2D eigenvalue weighted by Crippen LogP contribution is -2.04. The number of benzene rings is 1. The molecule has 0 spiro atoms. The van der Waals surface area contributed by atoms with Crippen molar-refractivity contribution in [1.82, 2.24) is 9.97 Å². The van der Waals surface area contributed by atoms with Gasteiger partial charge in [-0.15, -0.1) is 0 Å². The van der Waals surface area contributed by atoms with E-state index in [-0.39, 0.29) is 5.82 Å². The summed E-state index contributed by atoms with van der Waals surface area (Å²) < 4.78 is 12.7. The second-order valence-corrected chi connectivity index (χ2v) is 3.36. The predicted molar refractivity (Wildman–Crippen MR) is 60.5 cm³/mol. The average Bonchev–Trinajstić information content (AvgIpc) is 2.38. The smallest absolute Gasteiger partial charge is 0.224 e. The van der Waals surface area contributed by atoms with E-state index >= 15 is 0 Å². The number of nitrogens with zero attached hydrogens (tertiary/aromatic N) is 3. The molecule has 1 aromatic carbocycles. The van der Waals surface area contributed by atoms with E-state index in [9.17, 15) is 4.39 Å². The summed E-state index contributed by atoms with van der Waals surface area (Å²) in [5.74, 6) is 0.116. The molecule has 0 unspecified atom stereocenters. The summed E-state index contributed by atoms with van der Waals surface area (Å²) >= 11 is 0. The standard InChI is InChI=1S/C12H9FN4/c13-10-3-1-9(2-4-10)8-16-12-15-6-5-11(7-14)17-12/h1-6H,8H2,(H,15,16,17). The summed E-state index contributed by atoms with van der Waals surface area (Å²) in [6, 6.07) is 9.60. The highest BCUT2D eigenvalue weighted by molar-refractivity contribution is 5.31. The van der Waals surface area contributed by atoms with E-state index < -0.39 is 0 Å². The molecule has 1 N–H and O–H groups in total. The summed E-state index contributed by atoms with van der Waals surface area (Å²) in [4.78, 5) is 7.94. The number of halogens is 1. The van der Waals surface area contributed by atoms with E-state index in [0.717, 1.165) is 5.56 Å². The molecule has 5 heteroatoms. The van der Waals surface area contributed by atoms with Crippen LogP contribution in [-0.2, 0) is 6.54 Å².